The number of nitrogens with zero attached hydrogens (tertiary/aromatic N) is 4. The average molecular weight is 550 g/mol. The first-order chi connectivity index (χ1) is 16.4. The number of amides is 1. The van der Waals surface area contributed by atoms with Crippen LogP contribution in [-0.2, 0) is 27.0 Å². The molecule has 3 aliphatic heterocycles. The summed E-state index contributed by atoms with van der Waals surface area (Å²) in [5.74, 6) is -0.112. The van der Waals surface area contributed by atoms with Gasteiger partial charge in [-0.05, 0) is 22.1 Å². The lowest BCUT2D eigenvalue weighted by atomic mass is 10.0. The van der Waals surface area contributed by atoms with E-state index >= 15 is 0 Å². The monoisotopic (exact) mass is 549 g/mol. The molecule has 0 spiro atoms. The van der Waals surface area contributed by atoms with E-state index in [1.54, 1.807) is 23.1 Å². The lowest BCUT2D eigenvalue weighted by molar-refractivity contribution is -0.131. The van der Waals surface area contributed by atoms with Crippen molar-refractivity contribution in [2.24, 2.45) is 21.0 Å². The van der Waals surface area contributed by atoms with Crippen LogP contribution in [0.1, 0.15) is 17.5 Å². The number of hydrogen-bond acceptors (Lipinski definition) is 7. The predicted molar refractivity (Wildman–Crippen MR) is 130 cm³/mol. The van der Waals surface area contributed by atoms with Crippen molar-refractivity contribution in [2.45, 2.75) is 30.1 Å². The van der Waals surface area contributed by atoms with Gasteiger partial charge in [-0.1, -0.05) is 29.8 Å². The summed E-state index contributed by atoms with van der Waals surface area (Å²) in [4.78, 5) is 25.4. The Labute approximate surface area is 210 Å². The molecule has 1 aromatic carbocycles. The van der Waals surface area contributed by atoms with Crippen LogP contribution in [0.3, 0.4) is 0 Å². The Morgan fingerprint density at radius 2 is 1.94 bits per heavy atom. The molecule has 0 aliphatic carbocycles. The van der Waals surface area contributed by atoms with E-state index in [0.717, 1.165) is 11.8 Å². The summed E-state index contributed by atoms with van der Waals surface area (Å²) < 4.78 is 61.0. The van der Waals surface area contributed by atoms with Crippen molar-refractivity contribution in [3.05, 3.63) is 45.3 Å². The van der Waals surface area contributed by atoms with Crippen LogP contribution in [0.15, 0.2) is 39.2 Å². The molecule has 2 N–H and O–H groups in total. The summed E-state index contributed by atoms with van der Waals surface area (Å²) in [5.41, 5.74) is 1.02. The van der Waals surface area contributed by atoms with E-state index in [0.29, 0.717) is 48.2 Å². The summed E-state index contributed by atoms with van der Waals surface area (Å²) in [5, 5.41) is 5.00. The molecule has 8 nitrogen and oxygen atoms in total. The van der Waals surface area contributed by atoms with E-state index in [4.69, 9.17) is 16.7 Å². The second-order valence-electron chi connectivity index (χ2n) is 8.49. The largest absolute Gasteiger partial charge is 0.393 e. The standard InChI is InChI=1S/C21H23ClF3N5O3S2/c22-17-7-13(11-35(26,32)33)1-2-14(17)8-18(31)29-3-5-30(6-4-29)19-16-9-15(10-21(23,24)25)34-20(16)28-12-27-19/h1-2,7,9,12,16,20H,3-6,8,10-11H2,(H2,26,32,33). The minimum absolute atomic E-state index is 0.0625. The number of aliphatic imine (C=N–C) groups is 2. The number of nitrogens with two attached hydrogens (primary N) is 1. The van der Waals surface area contributed by atoms with Crippen LogP contribution in [0.4, 0.5) is 13.2 Å². The number of halogens is 4. The molecule has 1 amide bonds. The third-order valence-corrected chi connectivity index (χ3v) is 8.13. The van der Waals surface area contributed by atoms with Gasteiger partial charge in [0.15, 0.2) is 0 Å². The molecule has 14 heteroatoms. The molecule has 4 rings (SSSR count). The molecular weight excluding hydrogens is 527 g/mol. The SMILES string of the molecule is NS(=O)(=O)Cc1ccc(CC(=O)N2CCN(C3=NC=NC4SC(CC(F)(F)F)=CC34)CC2)c(Cl)c1. The minimum Gasteiger partial charge on any atom is -0.356 e. The molecule has 1 saturated heterocycles. The maximum absolute atomic E-state index is 12.8. The van der Waals surface area contributed by atoms with Gasteiger partial charge in [-0.15, -0.1) is 11.8 Å². The lowest BCUT2D eigenvalue weighted by Gasteiger charge is -2.39. The summed E-state index contributed by atoms with van der Waals surface area (Å²) in [6, 6.07) is 4.69. The number of fused-ring (bicyclic) bond motifs is 1. The lowest BCUT2D eigenvalue weighted by Crippen LogP contribution is -2.53. The molecule has 190 valence electrons. The fourth-order valence-electron chi connectivity index (χ4n) is 4.23. The number of rotatable bonds is 5. The van der Waals surface area contributed by atoms with Crippen molar-refractivity contribution in [2.75, 3.05) is 26.2 Å². The topological polar surface area (TPSA) is 108 Å². The Bertz CT molecular complexity index is 1200. The molecule has 35 heavy (non-hydrogen) atoms. The number of carbonyl (C=O) groups excluding carboxylic acids is 1. The molecule has 0 bridgehead atoms. The van der Waals surface area contributed by atoms with Crippen molar-refractivity contribution in [1.82, 2.24) is 9.80 Å². The van der Waals surface area contributed by atoms with Gasteiger partial charge >= 0.3 is 6.18 Å². The second-order valence-corrected chi connectivity index (χ2v) is 11.8. The van der Waals surface area contributed by atoms with E-state index < -0.39 is 22.6 Å². The third-order valence-electron chi connectivity index (χ3n) is 5.80. The highest BCUT2D eigenvalue weighted by molar-refractivity contribution is 8.04. The Balaban J connectivity index is 1.34. The van der Waals surface area contributed by atoms with Gasteiger partial charge in [0.25, 0.3) is 0 Å². The first kappa shape index (κ1) is 26.0. The predicted octanol–water partition coefficient (Wildman–Crippen LogP) is 2.78. The van der Waals surface area contributed by atoms with Crippen molar-refractivity contribution in [1.29, 1.82) is 0 Å². The highest BCUT2D eigenvalue weighted by Crippen LogP contribution is 2.44. The van der Waals surface area contributed by atoms with Crippen LogP contribution in [0.25, 0.3) is 0 Å². The van der Waals surface area contributed by atoms with Crippen LogP contribution in [0, 0.1) is 5.92 Å². The number of piperazine rings is 1. The Kier molecular flexibility index (Phi) is 7.51. The molecule has 2 unspecified atom stereocenters. The van der Waals surface area contributed by atoms with Gasteiger partial charge in [0.05, 0.1) is 24.5 Å². The third kappa shape index (κ3) is 6.78. The van der Waals surface area contributed by atoms with Gasteiger partial charge in [-0.2, -0.15) is 13.2 Å². The first-order valence-electron chi connectivity index (χ1n) is 10.7. The van der Waals surface area contributed by atoms with Crippen LogP contribution >= 0.6 is 23.4 Å². The van der Waals surface area contributed by atoms with Crippen molar-refractivity contribution in [3.63, 3.8) is 0 Å². The summed E-state index contributed by atoms with van der Waals surface area (Å²) in [6.45, 7) is 1.85. The molecular formula is C21H23ClF3N5O3S2. The zero-order valence-corrected chi connectivity index (χ0v) is 20.8. The van der Waals surface area contributed by atoms with E-state index in [-0.39, 0.29) is 34.3 Å². The van der Waals surface area contributed by atoms with E-state index in [1.807, 2.05) is 4.90 Å². The highest BCUT2D eigenvalue weighted by atomic mass is 35.5. The molecule has 3 aliphatic rings. The quantitative estimate of drug-likeness (QED) is 0.607. The molecule has 3 heterocycles. The molecule has 1 aromatic rings. The van der Waals surface area contributed by atoms with Gasteiger partial charge in [0.1, 0.15) is 17.5 Å². The van der Waals surface area contributed by atoms with E-state index in [2.05, 4.69) is 9.98 Å². The fraction of sp³-hybridized carbons (Fsp3) is 0.476. The molecule has 0 radical (unpaired) electrons. The number of thioether (sulfide) groups is 1. The van der Waals surface area contributed by atoms with Gasteiger partial charge in [0, 0.05) is 31.2 Å². The van der Waals surface area contributed by atoms with E-state index in [9.17, 15) is 26.4 Å². The number of benzene rings is 1. The van der Waals surface area contributed by atoms with Crippen LogP contribution in [-0.4, -0.2) is 74.0 Å². The number of sulfonamides is 1. The summed E-state index contributed by atoms with van der Waals surface area (Å²) >= 11 is 7.37. The molecule has 1 fully saturated rings. The van der Waals surface area contributed by atoms with Gasteiger partial charge < -0.3 is 9.80 Å². The van der Waals surface area contributed by atoms with Gasteiger partial charge in [0.2, 0.25) is 15.9 Å². The van der Waals surface area contributed by atoms with Crippen molar-refractivity contribution in [3.8, 4) is 0 Å². The molecule has 0 aromatic heterocycles. The zero-order valence-electron chi connectivity index (χ0n) is 18.4. The Hall–Kier alpha value is -2.09. The van der Waals surface area contributed by atoms with Crippen molar-refractivity contribution < 1.29 is 26.4 Å². The van der Waals surface area contributed by atoms with Crippen LogP contribution in [0.2, 0.25) is 5.02 Å². The summed E-state index contributed by atoms with van der Waals surface area (Å²) in [6.07, 6.45) is -2.18. The van der Waals surface area contributed by atoms with E-state index in [1.165, 1.54) is 12.4 Å². The number of amidine groups is 1. The summed E-state index contributed by atoms with van der Waals surface area (Å²) in [7, 11) is -3.69. The Morgan fingerprint density at radius 1 is 1.23 bits per heavy atom. The zero-order chi connectivity index (χ0) is 25.4. The smallest absolute Gasteiger partial charge is 0.356 e. The highest BCUT2D eigenvalue weighted by Gasteiger charge is 2.40. The average Bonchev–Trinajstić information content (AvgIpc) is 3.15. The maximum Gasteiger partial charge on any atom is 0.393 e. The Morgan fingerprint density at radius 3 is 2.57 bits per heavy atom. The number of primary sulfonamides is 1. The molecule has 0 saturated carbocycles. The van der Waals surface area contributed by atoms with Crippen molar-refractivity contribution >= 4 is 51.5 Å². The van der Waals surface area contributed by atoms with Crippen LogP contribution in [0.5, 0.6) is 0 Å². The maximum atomic E-state index is 12.8. The van der Waals surface area contributed by atoms with Gasteiger partial charge in [-0.25, -0.2) is 18.5 Å². The van der Waals surface area contributed by atoms with Gasteiger partial charge in [-0.3, -0.25) is 9.79 Å². The minimum atomic E-state index is -4.27. The number of allylic oxidation sites excluding steroid dienone is 1. The number of hydrogen-bond donors (Lipinski definition) is 1. The fourth-order valence-corrected chi connectivity index (χ4v) is 6.38. The normalized spacial score (nSPS) is 22.7. The number of carbonyl (C=O) groups is 1. The first-order valence-corrected chi connectivity index (χ1v) is 13.7. The van der Waals surface area contributed by atoms with Crippen LogP contribution < -0.4 is 5.14 Å². The molecule has 2 atom stereocenters. The number of alkyl halides is 3. The second kappa shape index (κ2) is 10.1.